The Bertz CT molecular complexity index is 150. The van der Waals surface area contributed by atoms with Crippen molar-refractivity contribution in [2.45, 2.75) is 32.2 Å². The molecule has 0 spiro atoms. The van der Waals surface area contributed by atoms with E-state index in [1.807, 2.05) is 0 Å². The third-order valence-corrected chi connectivity index (χ3v) is 1.61. The molecule has 3 heteroatoms. The average molecular weight is 140 g/mol. The van der Waals surface area contributed by atoms with Gasteiger partial charge in [-0.05, 0) is 19.3 Å². The van der Waals surface area contributed by atoms with Crippen molar-refractivity contribution in [1.82, 2.24) is 5.43 Å². The first kappa shape index (κ1) is 7.25. The van der Waals surface area contributed by atoms with Gasteiger partial charge in [-0.2, -0.15) is 5.10 Å². The Morgan fingerprint density at radius 3 is 2.80 bits per heavy atom. The van der Waals surface area contributed by atoms with Crippen LogP contribution in [-0.2, 0) is 4.79 Å². The first-order valence-electron chi connectivity index (χ1n) is 3.58. The van der Waals surface area contributed by atoms with E-state index >= 15 is 0 Å². The number of carbonyl (C=O) groups excluding carboxylic acids is 1. The summed E-state index contributed by atoms with van der Waals surface area (Å²) in [4.78, 5) is 10.3. The van der Waals surface area contributed by atoms with E-state index in [-0.39, 0.29) is 5.78 Å². The maximum Gasteiger partial charge on any atom is 0.172 e. The Balaban J connectivity index is 2.08. The van der Waals surface area contributed by atoms with Crippen molar-refractivity contribution in [1.29, 1.82) is 0 Å². The van der Waals surface area contributed by atoms with Crippen molar-refractivity contribution in [2.24, 2.45) is 5.10 Å². The summed E-state index contributed by atoms with van der Waals surface area (Å²) in [5.74, 6) is -0.00757. The molecule has 0 atom stereocenters. The van der Waals surface area contributed by atoms with E-state index in [1.54, 1.807) is 0 Å². The maximum absolute atomic E-state index is 10.3. The molecule has 1 fully saturated rings. The first-order chi connectivity index (χ1) is 4.79. The molecule has 10 heavy (non-hydrogen) atoms. The van der Waals surface area contributed by atoms with Crippen LogP contribution in [0.3, 0.4) is 0 Å². The molecular formula is C7H12N2O. The van der Waals surface area contributed by atoms with Crippen LogP contribution < -0.4 is 5.43 Å². The highest BCUT2D eigenvalue weighted by molar-refractivity contribution is 6.26. The Kier molecular flexibility index (Phi) is 2.42. The Morgan fingerprint density at radius 1 is 1.70 bits per heavy atom. The standard InChI is InChI=1S/C7H12N2O/c1-6(10)5-8-9-7-3-2-4-7/h5,7,9H,2-4H2,1H3/b8-5+. The zero-order valence-electron chi connectivity index (χ0n) is 6.13. The van der Waals surface area contributed by atoms with Gasteiger partial charge in [0.2, 0.25) is 0 Å². The molecule has 56 valence electrons. The van der Waals surface area contributed by atoms with Gasteiger partial charge in [-0.25, -0.2) is 0 Å². The van der Waals surface area contributed by atoms with E-state index in [9.17, 15) is 4.79 Å². The zero-order valence-corrected chi connectivity index (χ0v) is 6.13. The first-order valence-corrected chi connectivity index (χ1v) is 3.58. The van der Waals surface area contributed by atoms with Gasteiger partial charge in [-0.1, -0.05) is 0 Å². The normalized spacial score (nSPS) is 18.9. The van der Waals surface area contributed by atoms with Crippen LogP contribution in [0.2, 0.25) is 0 Å². The number of nitrogens with zero attached hydrogens (tertiary/aromatic N) is 1. The number of rotatable bonds is 3. The number of hydrogen-bond acceptors (Lipinski definition) is 3. The molecule has 0 heterocycles. The van der Waals surface area contributed by atoms with Crippen LogP contribution in [0.15, 0.2) is 5.10 Å². The van der Waals surface area contributed by atoms with Crippen molar-refractivity contribution < 1.29 is 4.79 Å². The molecule has 0 aromatic rings. The average Bonchev–Trinajstić information content (AvgIpc) is 1.75. The summed E-state index contributed by atoms with van der Waals surface area (Å²) in [7, 11) is 0. The number of ketones is 1. The van der Waals surface area contributed by atoms with Gasteiger partial charge in [0, 0.05) is 13.0 Å². The third kappa shape index (κ3) is 2.17. The highest BCUT2D eigenvalue weighted by atomic mass is 16.1. The minimum atomic E-state index is -0.00757. The maximum atomic E-state index is 10.3. The Morgan fingerprint density at radius 2 is 2.40 bits per heavy atom. The van der Waals surface area contributed by atoms with E-state index in [1.165, 1.54) is 32.4 Å². The molecule has 0 aliphatic heterocycles. The van der Waals surface area contributed by atoms with Crippen molar-refractivity contribution >= 4 is 12.0 Å². The number of hydrazone groups is 1. The lowest BCUT2D eigenvalue weighted by Gasteiger charge is -2.24. The second kappa shape index (κ2) is 3.34. The molecule has 3 nitrogen and oxygen atoms in total. The summed E-state index contributed by atoms with van der Waals surface area (Å²) in [6.07, 6.45) is 4.98. The highest BCUT2D eigenvalue weighted by Gasteiger charge is 2.15. The molecule has 1 saturated carbocycles. The molecule has 0 saturated heterocycles. The molecule has 1 aliphatic carbocycles. The minimum absolute atomic E-state index is 0.00757. The molecule has 0 amide bonds. The lowest BCUT2D eigenvalue weighted by atomic mass is 9.94. The largest absolute Gasteiger partial charge is 0.307 e. The molecule has 0 aromatic heterocycles. The van der Waals surface area contributed by atoms with Crippen LogP contribution in [0.25, 0.3) is 0 Å². The molecule has 1 aliphatic rings. The Hall–Kier alpha value is -0.860. The summed E-state index contributed by atoms with van der Waals surface area (Å²) in [5, 5.41) is 3.77. The van der Waals surface area contributed by atoms with Crippen LogP contribution >= 0.6 is 0 Å². The van der Waals surface area contributed by atoms with E-state index < -0.39 is 0 Å². The summed E-state index contributed by atoms with van der Waals surface area (Å²) in [6, 6.07) is 0.524. The predicted molar refractivity (Wildman–Crippen MR) is 39.9 cm³/mol. The summed E-state index contributed by atoms with van der Waals surface area (Å²) in [5.41, 5.74) is 2.90. The van der Waals surface area contributed by atoms with Gasteiger partial charge >= 0.3 is 0 Å². The minimum Gasteiger partial charge on any atom is -0.307 e. The van der Waals surface area contributed by atoms with Crippen LogP contribution in [0, 0.1) is 0 Å². The lowest BCUT2D eigenvalue weighted by molar-refractivity contribution is -0.110. The molecule has 1 N–H and O–H groups in total. The van der Waals surface area contributed by atoms with Gasteiger partial charge in [-0.15, -0.1) is 0 Å². The van der Waals surface area contributed by atoms with Crippen LogP contribution in [-0.4, -0.2) is 18.0 Å². The third-order valence-electron chi connectivity index (χ3n) is 1.61. The second-order valence-corrected chi connectivity index (χ2v) is 2.63. The zero-order chi connectivity index (χ0) is 7.40. The van der Waals surface area contributed by atoms with Gasteiger partial charge in [0.1, 0.15) is 0 Å². The predicted octanol–water partition coefficient (Wildman–Crippen LogP) is 0.703. The van der Waals surface area contributed by atoms with Gasteiger partial charge in [0.05, 0.1) is 6.21 Å². The Labute approximate surface area is 60.5 Å². The number of Topliss-reactive ketones (excluding diaryl/α,β-unsaturated/α-hetero) is 1. The molecule has 1 rings (SSSR count). The number of hydrogen-bond donors (Lipinski definition) is 1. The monoisotopic (exact) mass is 140 g/mol. The fourth-order valence-corrected chi connectivity index (χ4v) is 0.771. The molecule has 0 radical (unpaired) electrons. The summed E-state index contributed by atoms with van der Waals surface area (Å²) in [6.45, 7) is 1.49. The highest BCUT2D eigenvalue weighted by Crippen LogP contribution is 2.17. The fourth-order valence-electron chi connectivity index (χ4n) is 0.771. The number of carbonyl (C=O) groups is 1. The van der Waals surface area contributed by atoms with Crippen LogP contribution in [0.5, 0.6) is 0 Å². The van der Waals surface area contributed by atoms with Gasteiger partial charge in [0.15, 0.2) is 5.78 Å². The van der Waals surface area contributed by atoms with E-state index in [0.29, 0.717) is 6.04 Å². The topological polar surface area (TPSA) is 41.5 Å². The van der Waals surface area contributed by atoms with Crippen molar-refractivity contribution in [2.75, 3.05) is 0 Å². The molecular weight excluding hydrogens is 128 g/mol. The second-order valence-electron chi connectivity index (χ2n) is 2.63. The van der Waals surface area contributed by atoms with E-state index in [0.717, 1.165) is 0 Å². The van der Waals surface area contributed by atoms with Crippen LogP contribution in [0.4, 0.5) is 0 Å². The summed E-state index contributed by atoms with van der Waals surface area (Å²) < 4.78 is 0. The smallest absolute Gasteiger partial charge is 0.172 e. The molecule has 0 bridgehead atoms. The van der Waals surface area contributed by atoms with Gasteiger partial charge in [-0.3, -0.25) is 4.79 Å². The summed E-state index contributed by atoms with van der Waals surface area (Å²) >= 11 is 0. The molecule has 0 unspecified atom stereocenters. The number of nitrogens with one attached hydrogen (secondary N) is 1. The lowest BCUT2D eigenvalue weighted by Crippen LogP contribution is -2.31. The SMILES string of the molecule is CC(=O)/C=N/NC1CCC1. The van der Waals surface area contributed by atoms with Gasteiger partial charge in [0.25, 0.3) is 0 Å². The van der Waals surface area contributed by atoms with E-state index in [2.05, 4.69) is 10.5 Å². The van der Waals surface area contributed by atoms with Gasteiger partial charge < -0.3 is 5.43 Å². The fraction of sp³-hybridized carbons (Fsp3) is 0.714. The van der Waals surface area contributed by atoms with Crippen LogP contribution in [0.1, 0.15) is 26.2 Å². The molecule has 0 aromatic carbocycles. The van der Waals surface area contributed by atoms with Crippen molar-refractivity contribution in [3.63, 3.8) is 0 Å². The quantitative estimate of drug-likeness (QED) is 0.463. The van der Waals surface area contributed by atoms with Crippen molar-refractivity contribution in [3.8, 4) is 0 Å². The van der Waals surface area contributed by atoms with Crippen molar-refractivity contribution in [3.05, 3.63) is 0 Å². The van der Waals surface area contributed by atoms with E-state index in [4.69, 9.17) is 0 Å².